The third-order valence-electron chi connectivity index (χ3n) is 15.4. The third-order valence-corrected chi connectivity index (χ3v) is 17.4. The van der Waals surface area contributed by atoms with Crippen LogP contribution >= 0.6 is 0 Å². The van der Waals surface area contributed by atoms with Crippen LogP contribution in [0.4, 0.5) is 0 Å². The fourth-order valence-electron chi connectivity index (χ4n) is 10.9. The summed E-state index contributed by atoms with van der Waals surface area (Å²) in [6.45, 7) is 26.1. The van der Waals surface area contributed by atoms with Gasteiger partial charge in [-0.05, 0) is 93.4 Å². The summed E-state index contributed by atoms with van der Waals surface area (Å²) in [7, 11) is -3.38. The maximum Gasteiger partial charge on any atom is 0.269 e. The number of aromatic nitrogens is 1. The van der Waals surface area contributed by atoms with Gasteiger partial charge in [-0.1, -0.05) is 67.9 Å². The molecule has 2 spiro atoms. The molecule has 7 unspecified atom stereocenters. The summed E-state index contributed by atoms with van der Waals surface area (Å²) >= 11 is 0. The van der Waals surface area contributed by atoms with E-state index in [9.17, 15) is 32.4 Å². The Labute approximate surface area is 355 Å². The number of Topliss-reactive ketones (excluding diaryl/α,β-unsaturated/α-hetero) is 2. The van der Waals surface area contributed by atoms with E-state index in [0.717, 1.165) is 19.3 Å². The van der Waals surface area contributed by atoms with Crippen LogP contribution in [0.25, 0.3) is 0 Å². The van der Waals surface area contributed by atoms with Crippen molar-refractivity contribution < 1.29 is 37.2 Å². The number of nitrogens with one attached hydrogen (secondary N) is 5. The van der Waals surface area contributed by atoms with Crippen LogP contribution in [-0.2, 0) is 29.0 Å². The Hall–Kier alpha value is -3.85. The van der Waals surface area contributed by atoms with Crippen LogP contribution < -0.4 is 21.3 Å². The van der Waals surface area contributed by atoms with Gasteiger partial charge < -0.3 is 25.8 Å². The number of carbonyl (C=O) groups excluding carboxylic acids is 6. The Morgan fingerprint density at radius 1 is 0.933 bits per heavy atom. The van der Waals surface area contributed by atoms with E-state index < -0.39 is 74.0 Å². The Kier molecular flexibility index (Phi) is 11.3. The molecular formula is C45H68N6O8S. The minimum atomic E-state index is -3.38. The number of hydrogen-bond donors (Lipinski definition) is 5. The summed E-state index contributed by atoms with van der Waals surface area (Å²) in [6, 6.07) is -4.06. The number of ketones is 2. The fourth-order valence-corrected chi connectivity index (χ4v) is 12.5. The van der Waals surface area contributed by atoms with Gasteiger partial charge >= 0.3 is 0 Å². The van der Waals surface area contributed by atoms with Gasteiger partial charge in [-0.2, -0.15) is 0 Å². The van der Waals surface area contributed by atoms with E-state index in [1.165, 1.54) is 6.92 Å². The van der Waals surface area contributed by atoms with Crippen molar-refractivity contribution in [3.63, 3.8) is 0 Å². The summed E-state index contributed by atoms with van der Waals surface area (Å²) in [4.78, 5) is 89.5. The number of aryl methyl sites for hydroxylation is 1. The predicted molar refractivity (Wildman–Crippen MR) is 229 cm³/mol. The van der Waals surface area contributed by atoms with E-state index in [2.05, 4.69) is 46.7 Å². The molecule has 60 heavy (non-hydrogen) atoms. The van der Waals surface area contributed by atoms with E-state index in [1.807, 2.05) is 20.8 Å². The molecule has 1 aromatic rings. The number of hydrogen-bond acceptors (Lipinski definition) is 9. The van der Waals surface area contributed by atoms with Crippen molar-refractivity contribution in [1.82, 2.24) is 31.2 Å². The van der Waals surface area contributed by atoms with Gasteiger partial charge in [0.15, 0.2) is 21.4 Å². The molecule has 4 saturated carbocycles. The minimum absolute atomic E-state index is 0.0366. The number of sulfone groups is 1. The Morgan fingerprint density at radius 2 is 1.53 bits per heavy atom. The second-order valence-electron chi connectivity index (χ2n) is 21.4. The molecule has 1 saturated heterocycles. The quantitative estimate of drug-likeness (QED) is 0.125. The Morgan fingerprint density at radius 3 is 2.00 bits per heavy atom. The Balaban J connectivity index is 1.27. The monoisotopic (exact) mass is 852 g/mol. The molecule has 5 fully saturated rings. The molecule has 0 radical (unpaired) electrons. The summed E-state index contributed by atoms with van der Waals surface area (Å²) in [5.74, 6) is -3.45. The number of H-pyrrole nitrogens is 1. The summed E-state index contributed by atoms with van der Waals surface area (Å²) in [5.41, 5.74) is -1.90. The molecule has 4 aliphatic carbocycles. The average molecular weight is 853 g/mol. The molecule has 5 N–H and O–H groups in total. The van der Waals surface area contributed by atoms with Crippen molar-refractivity contribution in [2.45, 2.75) is 163 Å². The van der Waals surface area contributed by atoms with E-state index in [4.69, 9.17) is 0 Å². The molecule has 4 amide bonds. The maximum absolute atomic E-state index is 15.2. The van der Waals surface area contributed by atoms with Crippen molar-refractivity contribution in [3.05, 3.63) is 35.2 Å². The molecule has 14 nitrogen and oxygen atoms in total. The van der Waals surface area contributed by atoms with E-state index in [1.54, 1.807) is 52.5 Å². The molecule has 1 aromatic heterocycles. The first-order chi connectivity index (χ1) is 27.5. The van der Waals surface area contributed by atoms with E-state index in [0.29, 0.717) is 43.5 Å². The second kappa shape index (κ2) is 14.9. The summed E-state index contributed by atoms with van der Waals surface area (Å²) < 4.78 is 25.3. The zero-order valence-corrected chi connectivity index (χ0v) is 38.6. The van der Waals surface area contributed by atoms with Gasteiger partial charge in [0.2, 0.25) is 17.7 Å². The number of likely N-dealkylation sites (tertiary alicyclic amines) is 1. The Bertz CT molecular complexity index is 2120. The highest BCUT2D eigenvalue weighted by atomic mass is 32.2. The maximum atomic E-state index is 15.2. The van der Waals surface area contributed by atoms with Crippen LogP contribution in [0, 0.1) is 46.8 Å². The number of carbonyl (C=O) groups is 6. The van der Waals surface area contributed by atoms with Gasteiger partial charge in [0.25, 0.3) is 5.91 Å². The first kappa shape index (κ1) is 45.7. The minimum Gasteiger partial charge on any atom is -0.354 e. The van der Waals surface area contributed by atoms with Gasteiger partial charge in [-0.15, -0.1) is 6.58 Å². The zero-order valence-electron chi connectivity index (χ0n) is 37.7. The molecule has 7 atom stereocenters. The molecule has 0 aromatic carbocycles. The van der Waals surface area contributed by atoms with Crippen LogP contribution in [0.15, 0.2) is 12.7 Å². The first-order valence-electron chi connectivity index (χ1n) is 21.6. The van der Waals surface area contributed by atoms with E-state index >= 15 is 4.79 Å². The topological polar surface area (TPSA) is 204 Å². The van der Waals surface area contributed by atoms with Crippen LogP contribution in [0.3, 0.4) is 0 Å². The lowest BCUT2D eigenvalue weighted by Gasteiger charge is -2.38. The first-order valence-corrected chi connectivity index (χ1v) is 23.3. The van der Waals surface area contributed by atoms with Crippen molar-refractivity contribution in [1.29, 1.82) is 0 Å². The number of amides is 4. The second-order valence-corrected chi connectivity index (χ2v) is 23.7. The molecule has 332 valence electrons. The number of aromatic amines is 1. The molecule has 0 bridgehead atoms. The normalized spacial score (nSPS) is 28.0. The lowest BCUT2D eigenvalue weighted by atomic mass is 9.73. The summed E-state index contributed by atoms with van der Waals surface area (Å²) in [5, 5.41) is 11.4. The van der Waals surface area contributed by atoms with Crippen LogP contribution in [0.2, 0.25) is 0 Å². The van der Waals surface area contributed by atoms with Crippen LogP contribution in [-0.4, -0.2) is 101 Å². The van der Waals surface area contributed by atoms with Gasteiger partial charge in [-0.25, -0.2) is 8.42 Å². The lowest BCUT2D eigenvalue weighted by molar-refractivity contribution is -0.145. The van der Waals surface area contributed by atoms with Gasteiger partial charge in [0.1, 0.15) is 35.2 Å². The molecular weight excluding hydrogens is 785 g/mol. The summed E-state index contributed by atoms with van der Waals surface area (Å²) in [6.07, 6.45) is 6.60. The largest absolute Gasteiger partial charge is 0.354 e. The molecule has 15 heteroatoms. The van der Waals surface area contributed by atoms with Crippen molar-refractivity contribution in [3.8, 4) is 0 Å². The van der Waals surface area contributed by atoms with Gasteiger partial charge in [0.05, 0.1) is 16.9 Å². The number of fused-ring (bicyclic) bond motifs is 1. The highest BCUT2D eigenvalue weighted by Crippen LogP contribution is 2.88. The van der Waals surface area contributed by atoms with E-state index in [-0.39, 0.29) is 56.1 Å². The van der Waals surface area contributed by atoms with Crippen molar-refractivity contribution in [2.24, 2.45) is 33.0 Å². The van der Waals surface area contributed by atoms with Gasteiger partial charge in [0, 0.05) is 23.6 Å². The average Bonchev–Trinajstić information content (AvgIpc) is 4.06. The van der Waals surface area contributed by atoms with Crippen molar-refractivity contribution in [2.75, 3.05) is 12.4 Å². The zero-order chi connectivity index (χ0) is 44.9. The molecule has 2 heterocycles. The SMILES string of the molecule is C=CC1CC1(NC(=O)C1CC2(CN1C(=O)C(NC(=O)C(NC(=O)c1[nH]c(C)c(C)c1C(C)=O)C(C)(C)C)C(C)(C)C)C(C)(C)C21CCC1)C(=O)C(C)NCS(=O)(=O)C1CC1. The fraction of sp³-hybridized carbons (Fsp3) is 0.733. The lowest BCUT2D eigenvalue weighted by Crippen LogP contribution is -2.63. The standard InChI is InChI=1S/C45H68N6O8S/c1-14-28-20-45(28,35(53)26(4)46-23-60(58,59)29-16-17-29)50-36(54)30-21-44(42(12,13)43(44)18-15-19-43)22-51(30)39(57)34(41(9,10)11)49-38(56)33(40(6,7)8)48-37(55)32-31(27(5)52)24(2)25(3)47-32/h14,26,28-30,33-34,46-47H,1,15-23H2,2-13H3,(H,48,55)(H,49,56)(H,50,54). The molecule has 6 rings (SSSR count). The molecule has 5 aliphatic rings. The van der Waals surface area contributed by atoms with Crippen molar-refractivity contribution >= 4 is 45.0 Å². The predicted octanol–water partition coefficient (Wildman–Crippen LogP) is 4.45. The number of rotatable bonds is 15. The number of nitrogens with zero attached hydrogens (tertiary/aromatic N) is 1. The highest BCUT2D eigenvalue weighted by molar-refractivity contribution is 7.92. The molecule has 1 aliphatic heterocycles. The van der Waals surface area contributed by atoms with Crippen LogP contribution in [0.1, 0.15) is 146 Å². The smallest absolute Gasteiger partial charge is 0.269 e. The highest BCUT2D eigenvalue weighted by Gasteiger charge is 2.85. The van der Waals surface area contributed by atoms with Crippen LogP contribution in [0.5, 0.6) is 0 Å². The van der Waals surface area contributed by atoms with Gasteiger partial charge in [-0.3, -0.25) is 34.1 Å². The third kappa shape index (κ3) is 7.36.